The zero-order valence-corrected chi connectivity index (χ0v) is 14.7. The average molecular weight is 349 g/mol. The number of fused-ring (bicyclic) bond motifs is 1. The van der Waals surface area contributed by atoms with E-state index < -0.39 is 0 Å². The van der Waals surface area contributed by atoms with Gasteiger partial charge in [0.05, 0.1) is 23.3 Å². The number of nitrogens with one attached hydrogen (secondary N) is 3. The fourth-order valence-electron chi connectivity index (χ4n) is 3.77. The van der Waals surface area contributed by atoms with Gasteiger partial charge in [-0.25, -0.2) is 5.43 Å². The number of hydrogen-bond donors (Lipinski definition) is 3. The molecule has 1 saturated carbocycles. The van der Waals surface area contributed by atoms with Crippen LogP contribution in [0.3, 0.4) is 0 Å². The molecule has 0 radical (unpaired) electrons. The molecular formula is C19H23N7. The summed E-state index contributed by atoms with van der Waals surface area (Å²) in [6.45, 7) is 4.58. The third kappa shape index (κ3) is 3.04. The van der Waals surface area contributed by atoms with Crippen LogP contribution in [-0.4, -0.2) is 52.4 Å². The van der Waals surface area contributed by atoms with Crippen molar-refractivity contribution in [3.63, 3.8) is 0 Å². The molecule has 1 aromatic carbocycles. The Hall–Kier alpha value is -2.51. The fraction of sp³-hybridized carbons (Fsp3) is 0.421. The standard InChI is InChI=1S/C19H23N7/c1-2-15-16(21-8-7-20-15)11-14(1)12-22-18-17(3-6-24-25-18)26-10-9-23-19(13-26)4-5-19/h1-3,7-8,11,23-24H,4-6,9-10,12-13H2,(H,22,25). The van der Waals surface area contributed by atoms with Gasteiger partial charge in [0.1, 0.15) is 0 Å². The summed E-state index contributed by atoms with van der Waals surface area (Å²) in [5.41, 5.74) is 11.0. The SMILES string of the molecule is C1=C(N2CCNC3(CC3)C2)C(=NCc2ccc3nccnc3c2)NNC1. The molecule has 1 aromatic heterocycles. The van der Waals surface area contributed by atoms with E-state index in [1.165, 1.54) is 18.5 Å². The summed E-state index contributed by atoms with van der Waals surface area (Å²) >= 11 is 0. The van der Waals surface area contributed by atoms with Crippen LogP contribution in [0.15, 0.2) is 47.4 Å². The highest BCUT2D eigenvalue weighted by molar-refractivity contribution is 5.98. The van der Waals surface area contributed by atoms with Crippen molar-refractivity contribution in [2.75, 3.05) is 26.2 Å². The second kappa shape index (κ2) is 6.34. The van der Waals surface area contributed by atoms with E-state index in [2.05, 4.69) is 49.2 Å². The van der Waals surface area contributed by atoms with Crippen molar-refractivity contribution in [1.29, 1.82) is 0 Å². The quantitative estimate of drug-likeness (QED) is 0.766. The number of benzene rings is 1. The number of aromatic nitrogens is 2. The second-order valence-corrected chi connectivity index (χ2v) is 7.27. The summed E-state index contributed by atoms with van der Waals surface area (Å²) in [6, 6.07) is 6.15. The van der Waals surface area contributed by atoms with E-state index in [4.69, 9.17) is 4.99 Å². The lowest BCUT2D eigenvalue weighted by Crippen LogP contribution is -2.55. The van der Waals surface area contributed by atoms with Crippen LogP contribution in [0, 0.1) is 0 Å². The molecule has 0 atom stereocenters. The predicted molar refractivity (Wildman–Crippen MR) is 101 cm³/mol. The van der Waals surface area contributed by atoms with Gasteiger partial charge < -0.3 is 15.6 Å². The van der Waals surface area contributed by atoms with Gasteiger partial charge in [-0.05, 0) is 36.6 Å². The monoisotopic (exact) mass is 349 g/mol. The Kier molecular flexibility index (Phi) is 3.83. The van der Waals surface area contributed by atoms with Gasteiger partial charge in [0.25, 0.3) is 0 Å². The maximum atomic E-state index is 4.85. The van der Waals surface area contributed by atoms with Gasteiger partial charge in [0, 0.05) is 44.1 Å². The van der Waals surface area contributed by atoms with Crippen molar-refractivity contribution < 1.29 is 0 Å². The van der Waals surface area contributed by atoms with Gasteiger partial charge >= 0.3 is 0 Å². The Bertz CT molecular complexity index is 884. The predicted octanol–water partition coefficient (Wildman–Crippen LogP) is 0.958. The number of aliphatic imine (C=N–C) groups is 1. The molecule has 7 heteroatoms. The van der Waals surface area contributed by atoms with Crippen LogP contribution in [0.25, 0.3) is 11.0 Å². The van der Waals surface area contributed by atoms with Crippen molar-refractivity contribution in [3.05, 3.63) is 47.9 Å². The molecule has 0 unspecified atom stereocenters. The summed E-state index contributed by atoms with van der Waals surface area (Å²) in [5, 5.41) is 3.67. The zero-order valence-electron chi connectivity index (χ0n) is 14.7. The molecule has 2 fully saturated rings. The lowest BCUT2D eigenvalue weighted by atomic mass is 10.1. The van der Waals surface area contributed by atoms with Gasteiger partial charge in [-0.1, -0.05) is 6.07 Å². The van der Waals surface area contributed by atoms with Crippen molar-refractivity contribution in [2.24, 2.45) is 4.99 Å². The number of amidine groups is 1. The van der Waals surface area contributed by atoms with Gasteiger partial charge in [-0.15, -0.1) is 0 Å². The largest absolute Gasteiger partial charge is 0.366 e. The van der Waals surface area contributed by atoms with Crippen LogP contribution in [-0.2, 0) is 6.54 Å². The second-order valence-electron chi connectivity index (χ2n) is 7.27. The molecule has 0 amide bonds. The van der Waals surface area contributed by atoms with E-state index in [0.29, 0.717) is 12.1 Å². The van der Waals surface area contributed by atoms with Crippen LogP contribution in [0.1, 0.15) is 18.4 Å². The van der Waals surface area contributed by atoms with Gasteiger partial charge in [0.2, 0.25) is 0 Å². The number of piperazine rings is 1. The molecule has 1 aliphatic carbocycles. The first-order chi connectivity index (χ1) is 12.8. The smallest absolute Gasteiger partial charge is 0.159 e. The lowest BCUT2D eigenvalue weighted by molar-refractivity contribution is 0.240. The molecule has 3 N–H and O–H groups in total. The topological polar surface area (TPSA) is 77.5 Å². The number of hydrazine groups is 1. The molecule has 5 rings (SSSR count). The maximum Gasteiger partial charge on any atom is 0.159 e. The minimum Gasteiger partial charge on any atom is -0.366 e. The highest BCUT2D eigenvalue weighted by atomic mass is 15.4. The van der Waals surface area contributed by atoms with E-state index in [9.17, 15) is 0 Å². The molecule has 2 aromatic rings. The molecule has 7 nitrogen and oxygen atoms in total. The molecule has 3 aliphatic rings. The summed E-state index contributed by atoms with van der Waals surface area (Å²) in [4.78, 5) is 16.0. The summed E-state index contributed by atoms with van der Waals surface area (Å²) in [5.74, 6) is 0.924. The average Bonchev–Trinajstić information content (AvgIpc) is 3.44. The van der Waals surface area contributed by atoms with E-state index in [0.717, 1.165) is 48.6 Å². The minimum absolute atomic E-state index is 0.353. The van der Waals surface area contributed by atoms with Crippen LogP contribution in [0.4, 0.5) is 0 Å². The van der Waals surface area contributed by atoms with Crippen LogP contribution < -0.4 is 16.2 Å². The Morgan fingerprint density at radius 3 is 2.92 bits per heavy atom. The van der Waals surface area contributed by atoms with Crippen LogP contribution >= 0.6 is 0 Å². The molecule has 1 spiro atoms. The Labute approximate surface area is 152 Å². The van der Waals surface area contributed by atoms with Crippen LogP contribution in [0.5, 0.6) is 0 Å². The van der Waals surface area contributed by atoms with Crippen molar-refractivity contribution >= 4 is 16.9 Å². The molecular weight excluding hydrogens is 326 g/mol. The van der Waals surface area contributed by atoms with E-state index in [-0.39, 0.29) is 0 Å². The number of hydrogen-bond acceptors (Lipinski definition) is 6. The summed E-state index contributed by atoms with van der Waals surface area (Å²) < 4.78 is 0. The highest BCUT2D eigenvalue weighted by Gasteiger charge is 2.46. The maximum absolute atomic E-state index is 4.85. The van der Waals surface area contributed by atoms with Crippen LogP contribution in [0.2, 0.25) is 0 Å². The first kappa shape index (κ1) is 15.7. The number of rotatable bonds is 3. The zero-order chi connectivity index (χ0) is 17.4. The lowest BCUT2D eigenvalue weighted by Gasteiger charge is -2.38. The summed E-state index contributed by atoms with van der Waals surface area (Å²) in [6.07, 6.45) is 8.25. The molecule has 2 aliphatic heterocycles. The normalized spacial score (nSPS) is 23.2. The minimum atomic E-state index is 0.353. The Morgan fingerprint density at radius 2 is 2.04 bits per heavy atom. The summed E-state index contributed by atoms with van der Waals surface area (Å²) in [7, 11) is 0. The molecule has 134 valence electrons. The van der Waals surface area contributed by atoms with E-state index in [1.54, 1.807) is 12.4 Å². The third-order valence-corrected chi connectivity index (χ3v) is 5.37. The molecule has 0 bridgehead atoms. The first-order valence-electron chi connectivity index (χ1n) is 9.25. The van der Waals surface area contributed by atoms with Gasteiger partial charge in [0.15, 0.2) is 5.84 Å². The van der Waals surface area contributed by atoms with Crippen molar-refractivity contribution in [1.82, 2.24) is 31.0 Å². The molecule has 3 heterocycles. The first-order valence-corrected chi connectivity index (χ1v) is 9.25. The van der Waals surface area contributed by atoms with Crippen molar-refractivity contribution in [3.8, 4) is 0 Å². The van der Waals surface area contributed by atoms with Gasteiger partial charge in [-0.2, -0.15) is 0 Å². The number of nitrogens with zero attached hydrogens (tertiary/aromatic N) is 4. The van der Waals surface area contributed by atoms with E-state index in [1.807, 2.05) is 6.07 Å². The van der Waals surface area contributed by atoms with Crippen molar-refractivity contribution in [2.45, 2.75) is 24.9 Å². The van der Waals surface area contributed by atoms with Gasteiger partial charge in [-0.3, -0.25) is 15.0 Å². The van der Waals surface area contributed by atoms with E-state index >= 15 is 0 Å². The molecule has 1 saturated heterocycles. The fourth-order valence-corrected chi connectivity index (χ4v) is 3.77. The molecule has 26 heavy (non-hydrogen) atoms. The highest BCUT2D eigenvalue weighted by Crippen LogP contribution is 2.38. The Balaban J connectivity index is 1.36. The Morgan fingerprint density at radius 1 is 1.15 bits per heavy atom. The third-order valence-electron chi connectivity index (χ3n) is 5.37.